The van der Waals surface area contributed by atoms with Gasteiger partial charge in [0.25, 0.3) is 0 Å². The van der Waals surface area contributed by atoms with Crippen LogP contribution in [-0.2, 0) is 14.2 Å². The lowest BCUT2D eigenvalue weighted by molar-refractivity contribution is -0.116. The zero-order valence-electron chi connectivity index (χ0n) is 13.8. The van der Waals surface area contributed by atoms with Gasteiger partial charge in [-0.1, -0.05) is 19.6 Å². The van der Waals surface area contributed by atoms with Crippen LogP contribution in [0.5, 0.6) is 0 Å². The molecular weight excluding hydrogens is 300 g/mol. The normalized spacial score (nSPS) is 17.1. The summed E-state index contributed by atoms with van der Waals surface area (Å²) in [5.41, 5.74) is 1.11. The number of hydrogen-bond acceptors (Lipinski definition) is 5. The van der Waals surface area contributed by atoms with E-state index in [-0.39, 0.29) is 18.0 Å². The molecule has 2 heterocycles. The molecule has 124 valence electrons. The highest BCUT2D eigenvalue weighted by atomic mass is 28.3. The van der Waals surface area contributed by atoms with E-state index in [4.69, 9.17) is 14.2 Å². The van der Waals surface area contributed by atoms with E-state index in [9.17, 15) is 4.79 Å². The van der Waals surface area contributed by atoms with Crippen molar-refractivity contribution in [1.29, 1.82) is 0 Å². The number of carbonyl (C=O) groups is 1. The largest absolute Gasteiger partial charge is 0.462 e. The molecule has 22 heavy (non-hydrogen) atoms. The number of aromatic amines is 1. The summed E-state index contributed by atoms with van der Waals surface area (Å²) in [5.74, 6) is -0.108. The van der Waals surface area contributed by atoms with E-state index in [1.807, 2.05) is 0 Å². The zero-order valence-corrected chi connectivity index (χ0v) is 14.8. The summed E-state index contributed by atoms with van der Waals surface area (Å²) < 4.78 is 16.5. The summed E-state index contributed by atoms with van der Waals surface area (Å²) in [7, 11) is -1.16. The van der Waals surface area contributed by atoms with E-state index < -0.39 is 8.07 Å². The fourth-order valence-corrected chi connectivity index (χ4v) is 2.98. The van der Waals surface area contributed by atoms with Crippen LogP contribution in [0, 0.1) is 5.92 Å². The zero-order chi connectivity index (χ0) is 16.2. The van der Waals surface area contributed by atoms with Crippen molar-refractivity contribution in [2.45, 2.75) is 38.7 Å². The molecule has 1 N–H and O–H groups in total. The van der Waals surface area contributed by atoms with E-state index in [0.717, 1.165) is 6.04 Å². The number of nitrogens with zero attached hydrogens (tertiary/aromatic N) is 1. The van der Waals surface area contributed by atoms with Crippen molar-refractivity contribution in [3.8, 4) is 0 Å². The molecule has 0 saturated carbocycles. The minimum absolute atomic E-state index is 0.212. The Hall–Kier alpha value is -1.18. The quantitative estimate of drug-likeness (QED) is 0.587. The van der Waals surface area contributed by atoms with Gasteiger partial charge in [-0.3, -0.25) is 5.10 Å². The highest BCUT2D eigenvalue weighted by Gasteiger charge is 2.35. The molecule has 1 fully saturated rings. The topological polar surface area (TPSA) is 73.4 Å². The predicted octanol–water partition coefficient (Wildman–Crippen LogP) is 2.63. The molecule has 1 aromatic rings. The molecule has 0 amide bonds. The van der Waals surface area contributed by atoms with Crippen LogP contribution >= 0.6 is 0 Å². The van der Waals surface area contributed by atoms with Crippen LogP contribution in [-0.4, -0.2) is 50.7 Å². The maximum atomic E-state index is 12.0. The lowest BCUT2D eigenvalue weighted by Crippen LogP contribution is -2.36. The molecule has 1 aliphatic heterocycles. The van der Waals surface area contributed by atoms with Gasteiger partial charge in [0.15, 0.2) is 0 Å². The van der Waals surface area contributed by atoms with E-state index in [2.05, 4.69) is 29.8 Å². The molecule has 1 saturated heterocycles. The average molecular weight is 326 g/mol. The molecule has 6 nitrogen and oxygen atoms in total. The SMILES string of the molecule is CCOC(=O)c1c[nH]nc1C(OCC[Si](C)(C)C)C1COC1. The molecule has 1 aliphatic rings. The third-order valence-corrected chi connectivity index (χ3v) is 5.38. The first kappa shape index (κ1) is 17.2. The number of rotatable bonds is 8. The maximum Gasteiger partial charge on any atom is 0.341 e. The number of esters is 1. The summed E-state index contributed by atoms with van der Waals surface area (Å²) in [5, 5.41) is 7.01. The van der Waals surface area contributed by atoms with Crippen molar-refractivity contribution in [2.24, 2.45) is 5.92 Å². The van der Waals surface area contributed by atoms with Crippen LogP contribution < -0.4 is 0 Å². The first-order valence-electron chi connectivity index (χ1n) is 7.82. The Morgan fingerprint density at radius 1 is 1.50 bits per heavy atom. The summed E-state index contributed by atoms with van der Waals surface area (Å²) in [6.07, 6.45) is 1.37. The second-order valence-electron chi connectivity index (χ2n) is 6.80. The monoisotopic (exact) mass is 326 g/mol. The van der Waals surface area contributed by atoms with Gasteiger partial charge in [0.1, 0.15) is 17.4 Å². The van der Waals surface area contributed by atoms with E-state index >= 15 is 0 Å². The number of carbonyl (C=O) groups excluding carboxylic acids is 1. The number of aromatic nitrogens is 2. The fraction of sp³-hybridized carbons (Fsp3) is 0.733. The van der Waals surface area contributed by atoms with Gasteiger partial charge >= 0.3 is 5.97 Å². The first-order valence-corrected chi connectivity index (χ1v) is 11.5. The van der Waals surface area contributed by atoms with Crippen LogP contribution in [0.15, 0.2) is 6.20 Å². The minimum atomic E-state index is -1.16. The maximum absolute atomic E-state index is 12.0. The molecule has 0 radical (unpaired) electrons. The highest BCUT2D eigenvalue weighted by molar-refractivity contribution is 6.76. The van der Waals surface area contributed by atoms with Gasteiger partial charge in [-0.2, -0.15) is 5.10 Å². The summed E-state index contributed by atoms with van der Waals surface area (Å²) in [6, 6.07) is 1.08. The van der Waals surface area contributed by atoms with Gasteiger partial charge < -0.3 is 14.2 Å². The Labute approximate surface area is 132 Å². The molecule has 0 aliphatic carbocycles. The van der Waals surface area contributed by atoms with Gasteiger partial charge in [-0.15, -0.1) is 0 Å². The Balaban J connectivity index is 2.09. The highest BCUT2D eigenvalue weighted by Crippen LogP contribution is 2.33. The lowest BCUT2D eigenvalue weighted by atomic mass is 9.96. The van der Waals surface area contributed by atoms with E-state index in [1.165, 1.54) is 0 Å². The molecule has 2 rings (SSSR count). The third-order valence-electron chi connectivity index (χ3n) is 3.68. The minimum Gasteiger partial charge on any atom is -0.462 e. The lowest BCUT2D eigenvalue weighted by Gasteiger charge is -2.33. The Morgan fingerprint density at radius 3 is 2.77 bits per heavy atom. The van der Waals surface area contributed by atoms with Crippen LogP contribution in [0.1, 0.15) is 29.1 Å². The van der Waals surface area contributed by atoms with Gasteiger partial charge in [0, 0.05) is 26.8 Å². The Kier molecular flexibility index (Phi) is 5.77. The van der Waals surface area contributed by atoms with Crippen molar-refractivity contribution in [2.75, 3.05) is 26.4 Å². The van der Waals surface area contributed by atoms with Crippen molar-refractivity contribution in [3.05, 3.63) is 17.5 Å². The van der Waals surface area contributed by atoms with Gasteiger partial charge in [-0.05, 0) is 13.0 Å². The second-order valence-corrected chi connectivity index (χ2v) is 12.4. The first-order chi connectivity index (χ1) is 10.4. The standard InChI is InChI=1S/C15H26N2O4Si/c1-5-20-15(18)12-8-16-17-13(12)14(11-9-19-10-11)21-6-7-22(2,3)4/h8,11,14H,5-7,9-10H2,1-4H3,(H,16,17). The summed E-state index contributed by atoms with van der Waals surface area (Å²) in [6.45, 7) is 11.1. The van der Waals surface area contributed by atoms with Crippen LogP contribution in [0.2, 0.25) is 25.7 Å². The van der Waals surface area contributed by atoms with Crippen LogP contribution in [0.25, 0.3) is 0 Å². The van der Waals surface area contributed by atoms with Gasteiger partial charge in [0.2, 0.25) is 0 Å². The second kappa shape index (κ2) is 7.39. The third kappa shape index (κ3) is 4.41. The van der Waals surface area contributed by atoms with Gasteiger partial charge in [0.05, 0.1) is 19.8 Å². The number of hydrogen-bond donors (Lipinski definition) is 1. The van der Waals surface area contributed by atoms with Crippen molar-refractivity contribution in [1.82, 2.24) is 10.2 Å². The molecule has 7 heteroatoms. The molecule has 1 unspecified atom stereocenters. The smallest absolute Gasteiger partial charge is 0.341 e. The molecule has 0 spiro atoms. The number of ether oxygens (including phenoxy) is 3. The van der Waals surface area contributed by atoms with Crippen LogP contribution in [0.4, 0.5) is 0 Å². The fourth-order valence-electron chi connectivity index (χ4n) is 2.25. The summed E-state index contributed by atoms with van der Waals surface area (Å²) >= 11 is 0. The average Bonchev–Trinajstić information content (AvgIpc) is 2.83. The van der Waals surface area contributed by atoms with E-state index in [0.29, 0.717) is 37.7 Å². The Morgan fingerprint density at radius 2 is 2.23 bits per heavy atom. The van der Waals surface area contributed by atoms with Crippen molar-refractivity contribution in [3.63, 3.8) is 0 Å². The molecule has 1 aromatic heterocycles. The predicted molar refractivity (Wildman–Crippen MR) is 85.7 cm³/mol. The van der Waals surface area contributed by atoms with Crippen LogP contribution in [0.3, 0.4) is 0 Å². The molecule has 0 aromatic carbocycles. The Bertz CT molecular complexity index is 494. The van der Waals surface area contributed by atoms with Crippen molar-refractivity contribution < 1.29 is 19.0 Å². The van der Waals surface area contributed by atoms with E-state index in [1.54, 1.807) is 13.1 Å². The molecular formula is C15H26N2O4Si. The number of nitrogens with one attached hydrogen (secondary N) is 1. The number of H-pyrrole nitrogens is 1. The molecule has 0 bridgehead atoms. The summed E-state index contributed by atoms with van der Waals surface area (Å²) in [4.78, 5) is 12.0. The van der Waals surface area contributed by atoms with Crippen molar-refractivity contribution >= 4 is 14.0 Å². The van der Waals surface area contributed by atoms with Gasteiger partial charge in [-0.25, -0.2) is 4.79 Å². The molecule has 1 atom stereocenters.